The Morgan fingerprint density at radius 1 is 1.27 bits per heavy atom. The number of aromatic nitrogens is 2. The Balaban J connectivity index is 1.83. The van der Waals surface area contributed by atoms with Gasteiger partial charge in [0.25, 0.3) is 0 Å². The summed E-state index contributed by atoms with van der Waals surface area (Å²) in [6, 6.07) is 4.78. The van der Waals surface area contributed by atoms with Crippen LogP contribution in [0.2, 0.25) is 0 Å². The van der Waals surface area contributed by atoms with Crippen LogP contribution < -0.4 is 15.2 Å². The van der Waals surface area contributed by atoms with Crippen molar-refractivity contribution in [3.8, 4) is 5.75 Å². The average molecular weight is 390 g/mol. The molecule has 0 unspecified atom stereocenters. The van der Waals surface area contributed by atoms with Crippen molar-refractivity contribution in [1.29, 1.82) is 0 Å². The molecule has 1 aliphatic rings. The molecule has 2 aromatic heterocycles. The molecule has 0 aliphatic heterocycles. The Morgan fingerprint density at radius 3 is 2.81 bits per heavy atom. The van der Waals surface area contributed by atoms with E-state index >= 15 is 0 Å². The molecule has 0 bridgehead atoms. The highest BCUT2D eigenvalue weighted by molar-refractivity contribution is 7.89. The van der Waals surface area contributed by atoms with Crippen LogP contribution in [0.5, 0.6) is 5.75 Å². The maximum atomic E-state index is 11.8. The van der Waals surface area contributed by atoms with E-state index in [0.29, 0.717) is 17.3 Å². The largest absolute Gasteiger partial charge is 0.495 e. The highest BCUT2D eigenvalue weighted by atomic mass is 32.2. The lowest BCUT2D eigenvalue weighted by Gasteiger charge is -2.12. The summed E-state index contributed by atoms with van der Waals surface area (Å²) in [4.78, 5) is 11.4. The SMILES string of the molecule is COc1ccc(Nc2nc(C)nc3sc4c(c23)CCC4)cc1S(N)(=O)=O. The third-order valence-corrected chi connectivity index (χ3v) is 6.53. The first-order valence-corrected chi connectivity index (χ1v) is 10.5. The number of rotatable bonds is 4. The minimum atomic E-state index is -3.91. The molecule has 3 aromatic rings. The number of thiophene rings is 1. The van der Waals surface area contributed by atoms with Crippen LogP contribution in [0.15, 0.2) is 23.1 Å². The monoisotopic (exact) mass is 390 g/mol. The third-order valence-electron chi connectivity index (χ3n) is 4.41. The molecule has 0 radical (unpaired) electrons. The topological polar surface area (TPSA) is 107 Å². The number of nitrogens with one attached hydrogen (secondary N) is 1. The van der Waals surface area contributed by atoms with Gasteiger partial charge in [-0.2, -0.15) is 0 Å². The number of fused-ring (bicyclic) bond motifs is 3. The van der Waals surface area contributed by atoms with E-state index in [-0.39, 0.29) is 10.6 Å². The number of ether oxygens (including phenoxy) is 1. The molecule has 2 heterocycles. The quantitative estimate of drug-likeness (QED) is 0.709. The van der Waals surface area contributed by atoms with Crippen molar-refractivity contribution in [2.24, 2.45) is 5.14 Å². The van der Waals surface area contributed by atoms with Crippen LogP contribution in [0.4, 0.5) is 11.5 Å². The molecule has 1 aromatic carbocycles. The summed E-state index contributed by atoms with van der Waals surface area (Å²) in [6.07, 6.45) is 3.23. The molecule has 0 saturated carbocycles. The van der Waals surface area contributed by atoms with Crippen molar-refractivity contribution in [3.05, 3.63) is 34.5 Å². The fraction of sp³-hybridized carbons (Fsp3) is 0.294. The summed E-state index contributed by atoms with van der Waals surface area (Å²) in [5.74, 6) is 1.57. The van der Waals surface area contributed by atoms with Gasteiger partial charge in [-0.3, -0.25) is 0 Å². The van der Waals surface area contributed by atoms with Crippen molar-refractivity contribution in [3.63, 3.8) is 0 Å². The summed E-state index contributed by atoms with van der Waals surface area (Å²) in [6.45, 7) is 1.85. The second kappa shape index (κ2) is 6.19. The highest BCUT2D eigenvalue weighted by Gasteiger charge is 2.22. The predicted octanol–water partition coefficient (Wildman–Crippen LogP) is 2.89. The summed E-state index contributed by atoms with van der Waals surface area (Å²) in [5, 5.41) is 9.58. The number of aryl methyl sites for hydroxylation is 3. The first-order chi connectivity index (χ1) is 12.4. The Kier molecular flexibility index (Phi) is 4.09. The molecular formula is C17H18N4O3S2. The molecule has 0 fully saturated rings. The number of benzene rings is 1. The maximum absolute atomic E-state index is 11.8. The van der Waals surface area contributed by atoms with Gasteiger partial charge < -0.3 is 10.1 Å². The molecule has 0 saturated heterocycles. The molecule has 3 N–H and O–H groups in total. The van der Waals surface area contributed by atoms with Crippen LogP contribution in [0.3, 0.4) is 0 Å². The fourth-order valence-electron chi connectivity index (χ4n) is 3.31. The van der Waals surface area contributed by atoms with Crippen LogP contribution in [0.1, 0.15) is 22.7 Å². The Bertz CT molecular complexity index is 1120. The van der Waals surface area contributed by atoms with Gasteiger partial charge in [0.05, 0.1) is 12.5 Å². The number of sulfonamides is 1. The van der Waals surface area contributed by atoms with E-state index in [2.05, 4.69) is 15.3 Å². The van der Waals surface area contributed by atoms with Crippen LogP contribution in [0, 0.1) is 6.92 Å². The first-order valence-electron chi connectivity index (χ1n) is 8.13. The van der Waals surface area contributed by atoms with Crippen molar-refractivity contribution in [2.75, 3.05) is 12.4 Å². The van der Waals surface area contributed by atoms with E-state index in [1.165, 1.54) is 23.6 Å². The zero-order valence-corrected chi connectivity index (χ0v) is 16.0. The van der Waals surface area contributed by atoms with E-state index in [1.54, 1.807) is 23.5 Å². The van der Waals surface area contributed by atoms with Gasteiger partial charge in [0.1, 0.15) is 27.1 Å². The van der Waals surface area contributed by atoms with Crippen molar-refractivity contribution in [2.45, 2.75) is 31.1 Å². The zero-order chi connectivity index (χ0) is 18.5. The van der Waals surface area contributed by atoms with Crippen LogP contribution in [-0.2, 0) is 22.9 Å². The van der Waals surface area contributed by atoms with Gasteiger partial charge in [-0.05, 0) is 49.9 Å². The standard InChI is InChI=1S/C17H18N4O3S2/c1-9-19-16(15-11-4-3-5-13(11)25-17(15)20-9)21-10-6-7-12(24-2)14(8-10)26(18,22)23/h6-8H,3-5H2,1-2H3,(H2,18,22,23)(H,19,20,21). The Labute approximate surface area is 155 Å². The molecule has 9 heteroatoms. The average Bonchev–Trinajstić information content (AvgIpc) is 3.14. The van der Waals surface area contributed by atoms with Crippen molar-refractivity contribution in [1.82, 2.24) is 9.97 Å². The Morgan fingerprint density at radius 2 is 2.08 bits per heavy atom. The number of hydrogen-bond acceptors (Lipinski definition) is 7. The van der Waals surface area contributed by atoms with Crippen LogP contribution in [0.25, 0.3) is 10.2 Å². The minimum Gasteiger partial charge on any atom is -0.495 e. The predicted molar refractivity (Wildman–Crippen MR) is 102 cm³/mol. The van der Waals surface area contributed by atoms with Gasteiger partial charge >= 0.3 is 0 Å². The lowest BCUT2D eigenvalue weighted by molar-refractivity contribution is 0.403. The molecule has 26 heavy (non-hydrogen) atoms. The van der Waals surface area contributed by atoms with E-state index in [1.807, 2.05) is 6.92 Å². The molecule has 1 aliphatic carbocycles. The van der Waals surface area contributed by atoms with Crippen LogP contribution >= 0.6 is 11.3 Å². The van der Waals surface area contributed by atoms with Crippen molar-refractivity contribution >= 4 is 43.1 Å². The maximum Gasteiger partial charge on any atom is 0.241 e. The number of hydrogen-bond donors (Lipinski definition) is 2. The summed E-state index contributed by atoms with van der Waals surface area (Å²) >= 11 is 1.71. The van der Waals surface area contributed by atoms with E-state index in [9.17, 15) is 8.42 Å². The highest BCUT2D eigenvalue weighted by Crippen LogP contribution is 2.40. The number of nitrogens with two attached hydrogens (primary N) is 1. The number of anilines is 2. The van der Waals surface area contributed by atoms with Crippen LogP contribution in [-0.4, -0.2) is 25.5 Å². The molecule has 7 nitrogen and oxygen atoms in total. The van der Waals surface area contributed by atoms with Gasteiger partial charge in [0.15, 0.2) is 0 Å². The number of methoxy groups -OCH3 is 1. The van der Waals surface area contributed by atoms with Gasteiger partial charge in [-0.1, -0.05) is 0 Å². The fourth-order valence-corrected chi connectivity index (χ4v) is 5.34. The molecule has 0 spiro atoms. The van der Waals surface area contributed by atoms with Gasteiger partial charge in [-0.25, -0.2) is 23.5 Å². The molecule has 0 atom stereocenters. The molecule has 4 rings (SSSR count). The third kappa shape index (κ3) is 2.91. The number of nitrogens with zero attached hydrogens (tertiary/aromatic N) is 2. The van der Waals surface area contributed by atoms with E-state index in [0.717, 1.165) is 29.5 Å². The smallest absolute Gasteiger partial charge is 0.241 e. The molecule has 0 amide bonds. The summed E-state index contributed by atoms with van der Waals surface area (Å²) < 4.78 is 28.8. The van der Waals surface area contributed by atoms with E-state index in [4.69, 9.17) is 9.88 Å². The van der Waals surface area contributed by atoms with E-state index < -0.39 is 10.0 Å². The van der Waals surface area contributed by atoms with Gasteiger partial charge in [0, 0.05) is 10.6 Å². The zero-order valence-electron chi connectivity index (χ0n) is 14.4. The molecule has 136 valence electrons. The summed E-state index contributed by atoms with van der Waals surface area (Å²) in [5.41, 5.74) is 1.87. The van der Waals surface area contributed by atoms with Gasteiger partial charge in [-0.15, -0.1) is 11.3 Å². The second-order valence-corrected chi connectivity index (χ2v) is 8.81. The first kappa shape index (κ1) is 17.2. The lowest BCUT2D eigenvalue weighted by atomic mass is 10.2. The Hall–Kier alpha value is -2.23. The number of primary sulfonamides is 1. The lowest BCUT2D eigenvalue weighted by Crippen LogP contribution is -2.13. The second-order valence-electron chi connectivity index (χ2n) is 6.19. The molecular weight excluding hydrogens is 372 g/mol. The minimum absolute atomic E-state index is 0.0671. The van der Waals surface area contributed by atoms with Crippen molar-refractivity contribution < 1.29 is 13.2 Å². The summed E-state index contributed by atoms with van der Waals surface area (Å²) in [7, 11) is -2.50. The van der Waals surface area contributed by atoms with Gasteiger partial charge in [0.2, 0.25) is 10.0 Å². The normalized spacial score (nSPS) is 13.8.